The Morgan fingerprint density at radius 3 is 1.88 bits per heavy atom. The van der Waals surface area contributed by atoms with Crippen molar-refractivity contribution in [2.24, 2.45) is 0 Å². The molecule has 0 spiro atoms. The summed E-state index contributed by atoms with van der Waals surface area (Å²) in [6, 6.07) is 24.6. The van der Waals surface area contributed by atoms with Crippen LogP contribution in [0.3, 0.4) is 0 Å². The SMILES string of the molecule is O=c1cc(-c2ccccc2)oc2ccccc12.Oc1ccccc1O. The highest BCUT2D eigenvalue weighted by molar-refractivity contribution is 5.78. The maximum atomic E-state index is 11.9. The van der Waals surface area contributed by atoms with Gasteiger partial charge in [-0.3, -0.25) is 4.79 Å². The average Bonchev–Trinajstić information content (AvgIpc) is 2.65. The molecule has 4 rings (SSSR count). The monoisotopic (exact) mass is 332 g/mol. The van der Waals surface area contributed by atoms with Gasteiger partial charge in [0.2, 0.25) is 0 Å². The minimum absolute atomic E-state index is 0.00861. The molecule has 1 heterocycles. The molecule has 3 aromatic carbocycles. The van der Waals surface area contributed by atoms with Gasteiger partial charge < -0.3 is 14.6 Å². The third-order valence-corrected chi connectivity index (χ3v) is 3.57. The Morgan fingerprint density at radius 2 is 1.24 bits per heavy atom. The van der Waals surface area contributed by atoms with Crippen molar-refractivity contribution >= 4 is 11.0 Å². The van der Waals surface area contributed by atoms with Crippen molar-refractivity contribution in [2.75, 3.05) is 0 Å². The smallest absolute Gasteiger partial charge is 0.193 e. The lowest BCUT2D eigenvalue weighted by atomic mass is 10.1. The van der Waals surface area contributed by atoms with E-state index in [0.29, 0.717) is 16.7 Å². The highest BCUT2D eigenvalue weighted by Gasteiger charge is 2.05. The average molecular weight is 332 g/mol. The van der Waals surface area contributed by atoms with E-state index in [1.54, 1.807) is 18.2 Å². The first kappa shape index (κ1) is 16.3. The summed E-state index contributed by atoms with van der Waals surface area (Å²) in [5.74, 6) is 0.453. The number of rotatable bonds is 1. The lowest BCUT2D eigenvalue weighted by Crippen LogP contribution is -1.99. The number of hydrogen-bond donors (Lipinski definition) is 2. The number of phenolic OH excluding ortho intramolecular Hbond substituents is 2. The highest BCUT2D eigenvalue weighted by atomic mass is 16.3. The predicted molar refractivity (Wildman–Crippen MR) is 97.7 cm³/mol. The lowest BCUT2D eigenvalue weighted by Gasteiger charge is -2.02. The number of hydrogen-bond acceptors (Lipinski definition) is 4. The van der Waals surface area contributed by atoms with E-state index in [4.69, 9.17) is 14.6 Å². The second-order valence-electron chi connectivity index (χ2n) is 5.33. The first-order chi connectivity index (χ1) is 12.1. The Bertz CT molecular complexity index is 1020. The molecule has 1 aromatic heterocycles. The largest absolute Gasteiger partial charge is 0.504 e. The third kappa shape index (κ3) is 3.87. The van der Waals surface area contributed by atoms with Gasteiger partial charge in [0, 0.05) is 11.6 Å². The molecule has 0 aliphatic heterocycles. The summed E-state index contributed by atoms with van der Waals surface area (Å²) < 4.78 is 5.73. The summed E-state index contributed by atoms with van der Waals surface area (Å²) in [6.45, 7) is 0. The van der Waals surface area contributed by atoms with Crippen molar-refractivity contribution in [2.45, 2.75) is 0 Å². The molecule has 0 aliphatic carbocycles. The van der Waals surface area contributed by atoms with Gasteiger partial charge >= 0.3 is 0 Å². The molecule has 2 N–H and O–H groups in total. The maximum Gasteiger partial charge on any atom is 0.193 e. The molecular weight excluding hydrogens is 316 g/mol. The van der Waals surface area contributed by atoms with Crippen molar-refractivity contribution < 1.29 is 14.6 Å². The second-order valence-corrected chi connectivity index (χ2v) is 5.33. The van der Waals surface area contributed by atoms with Gasteiger partial charge in [0.25, 0.3) is 0 Å². The molecule has 25 heavy (non-hydrogen) atoms. The number of benzene rings is 3. The molecule has 4 nitrogen and oxygen atoms in total. The minimum atomic E-state index is -0.0764. The number of phenols is 2. The van der Waals surface area contributed by atoms with Gasteiger partial charge in [0.05, 0.1) is 5.39 Å². The first-order valence-corrected chi connectivity index (χ1v) is 7.70. The molecule has 0 amide bonds. The van der Waals surface area contributed by atoms with E-state index in [1.165, 1.54) is 18.2 Å². The fourth-order valence-corrected chi connectivity index (χ4v) is 2.31. The quantitative estimate of drug-likeness (QED) is 0.501. The van der Waals surface area contributed by atoms with Crippen LogP contribution < -0.4 is 5.43 Å². The van der Waals surface area contributed by atoms with Gasteiger partial charge in [0.15, 0.2) is 16.9 Å². The van der Waals surface area contributed by atoms with E-state index in [-0.39, 0.29) is 16.9 Å². The minimum Gasteiger partial charge on any atom is -0.504 e. The van der Waals surface area contributed by atoms with Crippen LogP contribution >= 0.6 is 0 Å². The first-order valence-electron chi connectivity index (χ1n) is 7.70. The van der Waals surface area contributed by atoms with Crippen molar-refractivity contribution in [3.63, 3.8) is 0 Å². The fourth-order valence-electron chi connectivity index (χ4n) is 2.31. The van der Waals surface area contributed by atoms with E-state index in [0.717, 1.165) is 5.56 Å². The van der Waals surface area contributed by atoms with Crippen molar-refractivity contribution in [3.05, 3.63) is 95.2 Å². The van der Waals surface area contributed by atoms with Gasteiger partial charge in [-0.2, -0.15) is 0 Å². The molecule has 0 radical (unpaired) electrons. The van der Waals surface area contributed by atoms with Crippen LogP contribution in [0.15, 0.2) is 94.1 Å². The Labute approximate surface area is 144 Å². The van der Waals surface area contributed by atoms with Crippen molar-refractivity contribution in [1.82, 2.24) is 0 Å². The molecule has 0 unspecified atom stereocenters. The molecule has 0 saturated carbocycles. The molecule has 4 heteroatoms. The Kier molecular flexibility index (Phi) is 4.81. The summed E-state index contributed by atoms with van der Waals surface area (Å²) in [4.78, 5) is 11.9. The number of para-hydroxylation sites is 3. The van der Waals surface area contributed by atoms with Crippen molar-refractivity contribution in [3.8, 4) is 22.8 Å². The van der Waals surface area contributed by atoms with Crippen LogP contribution in [0, 0.1) is 0 Å². The van der Waals surface area contributed by atoms with Crippen LogP contribution in [0.4, 0.5) is 0 Å². The Morgan fingerprint density at radius 1 is 0.680 bits per heavy atom. The molecule has 4 aromatic rings. The zero-order chi connectivity index (χ0) is 17.6. The van der Waals surface area contributed by atoms with Crippen LogP contribution in [0.5, 0.6) is 11.5 Å². The van der Waals surface area contributed by atoms with E-state index in [9.17, 15) is 4.79 Å². The van der Waals surface area contributed by atoms with Crippen LogP contribution in [0.2, 0.25) is 0 Å². The molecule has 0 bridgehead atoms. The summed E-state index contributed by atoms with van der Waals surface area (Å²) >= 11 is 0. The van der Waals surface area contributed by atoms with E-state index in [1.807, 2.05) is 48.5 Å². The Hall–Kier alpha value is -3.53. The molecule has 0 aliphatic rings. The third-order valence-electron chi connectivity index (χ3n) is 3.57. The summed E-state index contributed by atoms with van der Waals surface area (Å²) in [6.07, 6.45) is 0. The van der Waals surface area contributed by atoms with Crippen molar-refractivity contribution in [1.29, 1.82) is 0 Å². The van der Waals surface area contributed by atoms with Gasteiger partial charge in [0.1, 0.15) is 11.3 Å². The molecule has 124 valence electrons. The fraction of sp³-hybridized carbons (Fsp3) is 0. The van der Waals surface area contributed by atoms with Gasteiger partial charge in [-0.05, 0) is 24.3 Å². The summed E-state index contributed by atoms with van der Waals surface area (Å²) in [5.41, 5.74) is 1.53. The Balaban J connectivity index is 0.000000192. The van der Waals surface area contributed by atoms with E-state index < -0.39 is 0 Å². The van der Waals surface area contributed by atoms with Gasteiger partial charge in [-0.1, -0.05) is 54.6 Å². The van der Waals surface area contributed by atoms with Crippen LogP contribution in [0.1, 0.15) is 0 Å². The second kappa shape index (κ2) is 7.36. The molecule has 0 fully saturated rings. The number of aromatic hydroxyl groups is 2. The zero-order valence-electron chi connectivity index (χ0n) is 13.3. The van der Waals surface area contributed by atoms with Gasteiger partial charge in [-0.15, -0.1) is 0 Å². The van der Waals surface area contributed by atoms with E-state index >= 15 is 0 Å². The predicted octanol–water partition coefficient (Wildman–Crippen LogP) is 4.56. The molecular formula is C21H16O4. The standard InChI is InChI=1S/C15H10O2.C6H6O2/c16-13-10-15(11-6-2-1-3-7-11)17-14-9-5-4-8-12(13)14;7-5-3-1-2-4-6(5)8/h1-10H;1-4,7-8H. The summed E-state index contributed by atoms with van der Waals surface area (Å²) in [7, 11) is 0. The normalized spacial score (nSPS) is 10.1. The molecule has 0 saturated heterocycles. The van der Waals surface area contributed by atoms with E-state index in [2.05, 4.69) is 0 Å². The lowest BCUT2D eigenvalue weighted by molar-refractivity contribution is 0.404. The maximum absolute atomic E-state index is 11.9. The topological polar surface area (TPSA) is 70.7 Å². The highest BCUT2D eigenvalue weighted by Crippen LogP contribution is 2.22. The zero-order valence-corrected chi connectivity index (χ0v) is 13.3. The van der Waals surface area contributed by atoms with Gasteiger partial charge in [-0.25, -0.2) is 0 Å². The van der Waals surface area contributed by atoms with Crippen LogP contribution in [-0.2, 0) is 0 Å². The number of fused-ring (bicyclic) bond motifs is 1. The summed E-state index contributed by atoms with van der Waals surface area (Å²) in [5, 5.41) is 18.0. The van der Waals surface area contributed by atoms with Crippen LogP contribution in [0.25, 0.3) is 22.3 Å². The molecule has 0 atom stereocenters. The van der Waals surface area contributed by atoms with Crippen LogP contribution in [-0.4, -0.2) is 10.2 Å².